The maximum atomic E-state index is 12.0. The summed E-state index contributed by atoms with van der Waals surface area (Å²) in [6.45, 7) is 19.1. The number of carbonyl (C=O) groups excluding carboxylic acids is 1. The molecule has 1 amide bonds. The van der Waals surface area contributed by atoms with Crippen molar-refractivity contribution in [2.24, 2.45) is 0 Å². The molecule has 0 unspecified atom stereocenters. The van der Waals surface area contributed by atoms with Crippen LogP contribution in [0.4, 0.5) is 0 Å². The van der Waals surface area contributed by atoms with Crippen LogP contribution in [0.25, 0.3) is 0 Å². The van der Waals surface area contributed by atoms with E-state index >= 15 is 0 Å². The zero-order valence-electron chi connectivity index (χ0n) is 20.9. The van der Waals surface area contributed by atoms with Crippen molar-refractivity contribution < 1.29 is 4.79 Å². The fourth-order valence-corrected chi connectivity index (χ4v) is 3.29. The Kier molecular flexibility index (Phi) is 17.2. The molecule has 0 atom stereocenters. The summed E-state index contributed by atoms with van der Waals surface area (Å²) in [6, 6.07) is 0. The smallest absolute Gasteiger partial charge is 0.243 e. The Morgan fingerprint density at radius 1 is 0.767 bits per heavy atom. The van der Waals surface area contributed by atoms with E-state index < -0.39 is 0 Å². The number of rotatable bonds is 16. The number of nitrogens with zero attached hydrogens (tertiary/aromatic N) is 1. The molecule has 0 aromatic carbocycles. The minimum absolute atomic E-state index is 0.0430. The highest BCUT2D eigenvalue weighted by Gasteiger charge is 2.01. The maximum Gasteiger partial charge on any atom is 0.243 e. The quantitative estimate of drug-likeness (QED) is 0.167. The minimum atomic E-state index is 0.0430. The molecular formula is C27H48N2O. The molecule has 0 saturated heterocycles. The molecule has 172 valence electrons. The van der Waals surface area contributed by atoms with Crippen LogP contribution < -0.4 is 5.32 Å². The van der Waals surface area contributed by atoms with Gasteiger partial charge in [-0.25, -0.2) is 0 Å². The number of hydrogen-bond acceptors (Lipinski definition) is 2. The predicted octanol–water partition coefficient (Wildman–Crippen LogP) is 6.98. The average molecular weight is 417 g/mol. The summed E-state index contributed by atoms with van der Waals surface area (Å²) in [7, 11) is 0. The van der Waals surface area contributed by atoms with Gasteiger partial charge in [0, 0.05) is 12.6 Å². The second-order valence-corrected chi connectivity index (χ2v) is 8.66. The van der Waals surface area contributed by atoms with Crippen LogP contribution in [-0.2, 0) is 4.79 Å². The molecular weight excluding hydrogens is 368 g/mol. The molecule has 0 bridgehead atoms. The van der Waals surface area contributed by atoms with Crippen molar-refractivity contribution in [3.05, 3.63) is 46.6 Å². The largest absolute Gasteiger partial charge is 0.353 e. The van der Waals surface area contributed by atoms with Gasteiger partial charge in [-0.05, 0) is 99.2 Å². The molecule has 0 heterocycles. The highest BCUT2D eigenvalue weighted by molar-refractivity contribution is 5.88. The first-order valence-corrected chi connectivity index (χ1v) is 11.9. The molecule has 3 heteroatoms. The van der Waals surface area contributed by atoms with Crippen molar-refractivity contribution in [2.45, 2.75) is 93.4 Å². The monoisotopic (exact) mass is 416 g/mol. The first-order chi connectivity index (χ1) is 14.3. The van der Waals surface area contributed by atoms with E-state index in [-0.39, 0.29) is 5.91 Å². The van der Waals surface area contributed by atoms with Crippen LogP contribution in [0.5, 0.6) is 0 Å². The highest BCUT2D eigenvalue weighted by atomic mass is 16.1. The summed E-state index contributed by atoms with van der Waals surface area (Å²) < 4.78 is 0. The number of allylic oxidation sites excluding steroid dienone is 7. The Labute approximate surface area is 187 Å². The SMILES string of the molecule is CCN(CC)CCCNC(=O)C=C(C)CCC=C(C)CCC=C(C)CCC=C(C)C. The summed E-state index contributed by atoms with van der Waals surface area (Å²) >= 11 is 0. The van der Waals surface area contributed by atoms with E-state index in [1.807, 2.05) is 0 Å². The van der Waals surface area contributed by atoms with Crippen LogP contribution in [-0.4, -0.2) is 37.0 Å². The summed E-state index contributed by atoms with van der Waals surface area (Å²) in [5, 5.41) is 3.01. The Morgan fingerprint density at radius 2 is 1.27 bits per heavy atom. The van der Waals surface area contributed by atoms with Gasteiger partial charge in [0.25, 0.3) is 0 Å². The zero-order valence-corrected chi connectivity index (χ0v) is 20.9. The van der Waals surface area contributed by atoms with Gasteiger partial charge in [0.2, 0.25) is 5.91 Å². The van der Waals surface area contributed by atoms with Crippen LogP contribution in [0.2, 0.25) is 0 Å². The minimum Gasteiger partial charge on any atom is -0.353 e. The lowest BCUT2D eigenvalue weighted by Crippen LogP contribution is -2.29. The van der Waals surface area contributed by atoms with Crippen molar-refractivity contribution in [3.63, 3.8) is 0 Å². The molecule has 3 nitrogen and oxygen atoms in total. The fraction of sp³-hybridized carbons (Fsp3) is 0.667. The standard InChI is InChI=1S/C27H48N2O/c1-8-29(9-2)21-13-20-28-27(30)22-26(7)19-12-18-25(6)17-11-16-24(5)15-10-14-23(3)4/h14,16,18,22H,8-13,15,17,19-21H2,1-7H3,(H,28,30). The lowest BCUT2D eigenvalue weighted by Gasteiger charge is -2.17. The van der Waals surface area contributed by atoms with Crippen molar-refractivity contribution in [1.29, 1.82) is 0 Å². The Morgan fingerprint density at radius 3 is 1.77 bits per heavy atom. The number of nitrogens with one attached hydrogen (secondary N) is 1. The van der Waals surface area contributed by atoms with Gasteiger partial charge in [0.1, 0.15) is 0 Å². The van der Waals surface area contributed by atoms with Gasteiger partial charge in [-0.15, -0.1) is 0 Å². The van der Waals surface area contributed by atoms with E-state index in [0.29, 0.717) is 0 Å². The van der Waals surface area contributed by atoms with E-state index in [1.54, 1.807) is 6.08 Å². The van der Waals surface area contributed by atoms with Crippen molar-refractivity contribution >= 4 is 5.91 Å². The second kappa shape index (κ2) is 18.2. The fourth-order valence-electron chi connectivity index (χ4n) is 3.29. The second-order valence-electron chi connectivity index (χ2n) is 8.66. The number of carbonyl (C=O) groups is 1. The highest BCUT2D eigenvalue weighted by Crippen LogP contribution is 2.13. The summed E-state index contributed by atoms with van der Waals surface area (Å²) in [6.07, 6.45) is 16.3. The molecule has 0 aromatic heterocycles. The molecule has 0 aliphatic rings. The van der Waals surface area contributed by atoms with Gasteiger partial charge in [0.05, 0.1) is 0 Å². The van der Waals surface area contributed by atoms with Gasteiger partial charge < -0.3 is 10.2 Å². The summed E-state index contributed by atoms with van der Waals surface area (Å²) in [5.41, 5.74) is 5.48. The third-order valence-electron chi connectivity index (χ3n) is 5.38. The molecule has 0 rings (SSSR count). The molecule has 0 aliphatic carbocycles. The Bertz CT molecular complexity index is 588. The maximum absolute atomic E-state index is 12.0. The molecule has 0 radical (unpaired) electrons. The van der Waals surface area contributed by atoms with E-state index in [9.17, 15) is 4.79 Å². The Hall–Kier alpha value is -1.61. The molecule has 1 N–H and O–H groups in total. The lowest BCUT2D eigenvalue weighted by atomic mass is 10.0. The van der Waals surface area contributed by atoms with E-state index in [4.69, 9.17) is 0 Å². The van der Waals surface area contributed by atoms with Crippen LogP contribution >= 0.6 is 0 Å². The summed E-state index contributed by atoms with van der Waals surface area (Å²) in [4.78, 5) is 14.4. The van der Waals surface area contributed by atoms with Crippen LogP contribution in [0.15, 0.2) is 46.6 Å². The van der Waals surface area contributed by atoms with Crippen LogP contribution in [0.1, 0.15) is 93.4 Å². The van der Waals surface area contributed by atoms with Crippen LogP contribution in [0.3, 0.4) is 0 Å². The average Bonchev–Trinajstić information content (AvgIpc) is 2.67. The zero-order chi connectivity index (χ0) is 22.8. The molecule has 30 heavy (non-hydrogen) atoms. The van der Waals surface area contributed by atoms with Crippen LogP contribution in [0, 0.1) is 0 Å². The first-order valence-electron chi connectivity index (χ1n) is 11.9. The van der Waals surface area contributed by atoms with Gasteiger partial charge in [-0.3, -0.25) is 4.79 Å². The van der Waals surface area contributed by atoms with Gasteiger partial charge >= 0.3 is 0 Å². The van der Waals surface area contributed by atoms with Crippen molar-refractivity contribution in [3.8, 4) is 0 Å². The van der Waals surface area contributed by atoms with Gasteiger partial charge in [0.15, 0.2) is 0 Å². The number of amides is 1. The summed E-state index contributed by atoms with van der Waals surface area (Å²) in [5.74, 6) is 0.0430. The third kappa shape index (κ3) is 17.3. The predicted molar refractivity (Wildman–Crippen MR) is 134 cm³/mol. The van der Waals surface area contributed by atoms with E-state index in [1.165, 1.54) is 16.7 Å². The molecule has 0 aromatic rings. The topological polar surface area (TPSA) is 32.3 Å². The lowest BCUT2D eigenvalue weighted by molar-refractivity contribution is -0.116. The van der Waals surface area contributed by atoms with Gasteiger partial charge in [-0.2, -0.15) is 0 Å². The van der Waals surface area contributed by atoms with Gasteiger partial charge in [-0.1, -0.05) is 54.4 Å². The molecule has 0 aliphatic heterocycles. The molecule has 0 saturated carbocycles. The molecule has 0 fully saturated rings. The third-order valence-corrected chi connectivity index (χ3v) is 5.38. The van der Waals surface area contributed by atoms with Crippen molar-refractivity contribution in [1.82, 2.24) is 10.2 Å². The first kappa shape index (κ1) is 28.4. The van der Waals surface area contributed by atoms with E-state index in [2.05, 4.69) is 76.9 Å². The van der Waals surface area contributed by atoms with E-state index in [0.717, 1.165) is 76.7 Å². The number of hydrogen-bond donors (Lipinski definition) is 1. The van der Waals surface area contributed by atoms with Crippen molar-refractivity contribution in [2.75, 3.05) is 26.2 Å². The molecule has 0 spiro atoms. The normalized spacial score (nSPS) is 13.0. The Balaban J connectivity index is 4.07.